The van der Waals surface area contributed by atoms with Crippen molar-refractivity contribution in [3.63, 3.8) is 0 Å². The Morgan fingerprint density at radius 3 is 2.64 bits per heavy atom. The molecule has 28 heavy (non-hydrogen) atoms. The average molecular weight is 495 g/mol. The Bertz CT molecular complexity index is 714. The largest absolute Gasteiger partial charge is 0.356 e. The fourth-order valence-corrected chi connectivity index (χ4v) is 4.07. The highest BCUT2D eigenvalue weighted by molar-refractivity contribution is 14.0. The third-order valence-corrected chi connectivity index (χ3v) is 5.85. The van der Waals surface area contributed by atoms with E-state index < -0.39 is 0 Å². The van der Waals surface area contributed by atoms with Crippen molar-refractivity contribution < 1.29 is 0 Å². The molecule has 0 amide bonds. The zero-order valence-electron chi connectivity index (χ0n) is 17.5. The average Bonchev–Trinajstić information content (AvgIpc) is 3.21. The fourth-order valence-electron chi connectivity index (χ4n) is 4.07. The molecule has 6 heteroatoms. The fraction of sp³-hybridized carbons (Fsp3) is 0.545. The van der Waals surface area contributed by atoms with Gasteiger partial charge in [-0.05, 0) is 23.8 Å². The Balaban J connectivity index is 0.00000280. The highest BCUT2D eigenvalue weighted by Gasteiger charge is 2.29. The van der Waals surface area contributed by atoms with E-state index in [1.807, 2.05) is 19.6 Å². The van der Waals surface area contributed by atoms with Crippen molar-refractivity contribution >= 4 is 29.9 Å². The van der Waals surface area contributed by atoms with Crippen molar-refractivity contribution in [3.05, 3.63) is 54.6 Å². The Kier molecular flexibility index (Phi) is 8.79. The lowest BCUT2D eigenvalue weighted by Gasteiger charge is -2.39. The number of piperidine rings is 1. The van der Waals surface area contributed by atoms with Crippen molar-refractivity contribution in [1.29, 1.82) is 0 Å². The van der Waals surface area contributed by atoms with Gasteiger partial charge in [0.05, 0.1) is 12.4 Å². The summed E-state index contributed by atoms with van der Waals surface area (Å²) < 4.78 is 2.24. The first-order chi connectivity index (χ1) is 13.1. The zero-order valence-corrected chi connectivity index (χ0v) is 19.8. The van der Waals surface area contributed by atoms with E-state index in [4.69, 9.17) is 0 Å². The van der Waals surface area contributed by atoms with Gasteiger partial charge in [0.25, 0.3) is 0 Å². The van der Waals surface area contributed by atoms with Crippen LogP contribution in [-0.4, -0.2) is 47.1 Å². The van der Waals surface area contributed by atoms with Crippen LogP contribution in [0.15, 0.2) is 54.0 Å². The van der Waals surface area contributed by atoms with E-state index in [0.717, 1.165) is 32.0 Å². The molecule has 1 aliphatic heterocycles. The minimum Gasteiger partial charge on any atom is -0.356 e. The molecule has 1 saturated heterocycles. The first kappa shape index (κ1) is 22.7. The maximum absolute atomic E-state index is 4.58. The van der Waals surface area contributed by atoms with Crippen LogP contribution in [0.4, 0.5) is 0 Å². The summed E-state index contributed by atoms with van der Waals surface area (Å²) in [5.74, 6) is 2.68. The van der Waals surface area contributed by atoms with Crippen molar-refractivity contribution in [3.8, 4) is 0 Å². The maximum Gasteiger partial charge on any atom is 0.193 e. The molecule has 3 rings (SSSR count). The molecule has 3 atom stereocenters. The summed E-state index contributed by atoms with van der Waals surface area (Å²) in [5, 5.41) is 3.65. The summed E-state index contributed by atoms with van der Waals surface area (Å²) in [4.78, 5) is 11.2. The molecule has 1 aromatic heterocycles. The number of likely N-dealkylation sites (tertiary alicyclic amines) is 1. The number of nitrogens with zero attached hydrogens (tertiary/aromatic N) is 4. The van der Waals surface area contributed by atoms with Crippen LogP contribution < -0.4 is 5.32 Å². The molecule has 2 heterocycles. The van der Waals surface area contributed by atoms with Gasteiger partial charge in [0.1, 0.15) is 0 Å². The number of hydrogen-bond donors (Lipinski definition) is 1. The van der Waals surface area contributed by atoms with Crippen LogP contribution in [0, 0.1) is 11.8 Å². The highest BCUT2D eigenvalue weighted by Crippen LogP contribution is 2.28. The van der Waals surface area contributed by atoms with Crippen molar-refractivity contribution in [2.45, 2.75) is 39.2 Å². The van der Waals surface area contributed by atoms with Gasteiger partial charge >= 0.3 is 0 Å². The molecule has 1 aliphatic rings. The number of rotatable bonds is 5. The van der Waals surface area contributed by atoms with E-state index in [1.54, 1.807) is 0 Å². The zero-order chi connectivity index (χ0) is 19.2. The van der Waals surface area contributed by atoms with E-state index in [-0.39, 0.29) is 24.0 Å². The van der Waals surface area contributed by atoms with Crippen LogP contribution in [-0.2, 0) is 0 Å². The lowest BCUT2D eigenvalue weighted by atomic mass is 9.88. The first-order valence-electron chi connectivity index (χ1n) is 10.1. The predicted molar refractivity (Wildman–Crippen MR) is 127 cm³/mol. The van der Waals surface area contributed by atoms with Gasteiger partial charge in [-0.3, -0.25) is 4.99 Å². The van der Waals surface area contributed by atoms with Crippen LogP contribution in [0.25, 0.3) is 0 Å². The minimum atomic E-state index is 0. The molecular formula is C22H34IN5. The number of nitrogens with one attached hydrogen (secondary N) is 1. The van der Waals surface area contributed by atoms with Crippen LogP contribution in [0.1, 0.15) is 44.7 Å². The van der Waals surface area contributed by atoms with Gasteiger partial charge in [-0.15, -0.1) is 24.0 Å². The Labute approximate surface area is 186 Å². The number of imidazole rings is 1. The molecule has 5 nitrogen and oxygen atoms in total. The van der Waals surface area contributed by atoms with Gasteiger partial charge in [0, 0.05) is 45.0 Å². The standard InChI is InChI=1S/C22H33N5.HI/c1-17(2)20(19-8-6-5-7-9-19)14-25-22(23-4)26-12-10-18(3)21(15-26)27-13-11-24-16-27;/h5-9,11,13,16-18,20-21H,10,12,14-15H2,1-4H3,(H,23,25);1H. The smallest absolute Gasteiger partial charge is 0.193 e. The van der Waals surface area contributed by atoms with Crippen LogP contribution in [0.2, 0.25) is 0 Å². The third kappa shape index (κ3) is 5.49. The van der Waals surface area contributed by atoms with Gasteiger partial charge in [-0.1, -0.05) is 51.1 Å². The summed E-state index contributed by atoms with van der Waals surface area (Å²) in [7, 11) is 1.89. The molecule has 154 valence electrons. The second-order valence-electron chi connectivity index (χ2n) is 7.98. The Morgan fingerprint density at radius 2 is 2.04 bits per heavy atom. The van der Waals surface area contributed by atoms with Gasteiger partial charge in [-0.2, -0.15) is 0 Å². The molecule has 1 N–H and O–H groups in total. The van der Waals surface area contributed by atoms with Crippen LogP contribution >= 0.6 is 24.0 Å². The van der Waals surface area contributed by atoms with Gasteiger partial charge in [0.15, 0.2) is 5.96 Å². The molecule has 3 unspecified atom stereocenters. The van der Waals surface area contributed by atoms with E-state index in [2.05, 4.69) is 82.1 Å². The van der Waals surface area contributed by atoms with Crippen molar-refractivity contribution in [1.82, 2.24) is 19.8 Å². The van der Waals surface area contributed by atoms with Gasteiger partial charge in [0.2, 0.25) is 0 Å². The summed E-state index contributed by atoms with van der Waals surface area (Å²) >= 11 is 0. The lowest BCUT2D eigenvalue weighted by Crippen LogP contribution is -2.49. The second-order valence-corrected chi connectivity index (χ2v) is 7.98. The SMILES string of the molecule is CN=C(NCC(c1ccccc1)C(C)C)N1CCC(C)C(n2ccnc2)C1.I. The summed E-state index contributed by atoms with van der Waals surface area (Å²) in [6.07, 6.45) is 7.04. The summed E-state index contributed by atoms with van der Waals surface area (Å²) in [6, 6.07) is 11.2. The second kappa shape index (κ2) is 10.8. The number of hydrogen-bond acceptors (Lipinski definition) is 2. The Morgan fingerprint density at radius 1 is 1.29 bits per heavy atom. The van der Waals surface area contributed by atoms with E-state index in [9.17, 15) is 0 Å². The van der Waals surface area contributed by atoms with E-state index in [0.29, 0.717) is 23.8 Å². The molecule has 1 fully saturated rings. The number of halogens is 1. The Hall–Kier alpha value is -1.57. The van der Waals surface area contributed by atoms with E-state index in [1.165, 1.54) is 5.56 Å². The van der Waals surface area contributed by atoms with Crippen molar-refractivity contribution in [2.24, 2.45) is 16.8 Å². The molecule has 0 spiro atoms. The first-order valence-corrected chi connectivity index (χ1v) is 10.1. The highest BCUT2D eigenvalue weighted by atomic mass is 127. The predicted octanol–water partition coefficient (Wildman–Crippen LogP) is 4.40. The summed E-state index contributed by atoms with van der Waals surface area (Å²) in [5.41, 5.74) is 1.39. The third-order valence-electron chi connectivity index (χ3n) is 5.85. The monoisotopic (exact) mass is 495 g/mol. The topological polar surface area (TPSA) is 45.5 Å². The van der Waals surface area contributed by atoms with Crippen molar-refractivity contribution in [2.75, 3.05) is 26.7 Å². The summed E-state index contributed by atoms with van der Waals surface area (Å²) in [6.45, 7) is 9.83. The number of aromatic nitrogens is 2. The number of benzene rings is 1. The number of aliphatic imine (C=N–C) groups is 1. The number of guanidine groups is 1. The van der Waals surface area contributed by atoms with Crippen LogP contribution in [0.5, 0.6) is 0 Å². The minimum absolute atomic E-state index is 0. The van der Waals surface area contributed by atoms with Gasteiger partial charge in [-0.25, -0.2) is 4.98 Å². The molecule has 0 saturated carbocycles. The molecule has 0 radical (unpaired) electrons. The van der Waals surface area contributed by atoms with E-state index >= 15 is 0 Å². The quantitative estimate of drug-likeness (QED) is 0.380. The molecule has 0 bridgehead atoms. The lowest BCUT2D eigenvalue weighted by molar-refractivity contribution is 0.188. The molecular weight excluding hydrogens is 461 g/mol. The van der Waals surface area contributed by atoms with Gasteiger partial charge < -0.3 is 14.8 Å². The van der Waals surface area contributed by atoms with Crippen LogP contribution in [0.3, 0.4) is 0 Å². The maximum atomic E-state index is 4.58. The molecule has 1 aromatic carbocycles. The molecule has 0 aliphatic carbocycles. The molecule has 2 aromatic rings. The normalized spacial score (nSPS) is 21.3.